The smallest absolute Gasteiger partial charge is 0.215 e. The Bertz CT molecular complexity index is 637. The van der Waals surface area contributed by atoms with Crippen LogP contribution in [0, 0.1) is 12.3 Å². The summed E-state index contributed by atoms with van der Waals surface area (Å²) in [7, 11) is -3.21. The van der Waals surface area contributed by atoms with Crippen molar-refractivity contribution < 1.29 is 13.2 Å². The number of rotatable bonds is 7. The number of hydrogen-bond donors (Lipinski definition) is 1. The van der Waals surface area contributed by atoms with Gasteiger partial charge in [-0.15, -0.1) is 6.42 Å². The van der Waals surface area contributed by atoms with Crippen molar-refractivity contribution in [3.8, 4) is 18.1 Å². The largest absolute Gasteiger partial charge is 0.481 e. The molecule has 0 radical (unpaired) electrons. The summed E-state index contributed by atoms with van der Waals surface area (Å²) in [6.07, 6.45) is 5.88. The predicted octanol–water partition coefficient (Wildman–Crippen LogP) is 1.21. The maximum atomic E-state index is 12.1. The summed E-state index contributed by atoms with van der Waals surface area (Å²) in [6, 6.07) is 7.71. The van der Waals surface area contributed by atoms with Gasteiger partial charge in [0.25, 0.3) is 0 Å². The van der Waals surface area contributed by atoms with E-state index in [2.05, 4.69) is 15.5 Å². The molecule has 2 rings (SSSR count). The summed E-state index contributed by atoms with van der Waals surface area (Å²) in [5, 5.41) is -0.341. The first-order valence-corrected chi connectivity index (χ1v) is 8.96. The van der Waals surface area contributed by atoms with Crippen LogP contribution in [0.1, 0.15) is 18.9 Å². The highest BCUT2D eigenvalue weighted by Crippen LogP contribution is 2.23. The Morgan fingerprint density at radius 2 is 2.23 bits per heavy atom. The van der Waals surface area contributed by atoms with Crippen molar-refractivity contribution in [3.63, 3.8) is 0 Å². The molecule has 120 valence electrons. The van der Waals surface area contributed by atoms with Crippen LogP contribution < -0.4 is 9.46 Å². The summed E-state index contributed by atoms with van der Waals surface area (Å²) in [5.74, 6) is 3.22. The summed E-state index contributed by atoms with van der Waals surface area (Å²) in [4.78, 5) is 2.14. The molecule has 1 aliphatic rings. The normalized spacial score (nSPS) is 19.0. The van der Waals surface area contributed by atoms with E-state index in [0.717, 1.165) is 17.9 Å². The van der Waals surface area contributed by atoms with Crippen LogP contribution in [0.5, 0.6) is 5.75 Å². The molecule has 6 heteroatoms. The first-order chi connectivity index (χ1) is 10.6. The maximum Gasteiger partial charge on any atom is 0.215 e. The summed E-state index contributed by atoms with van der Waals surface area (Å²) in [5.41, 5.74) is 1.03. The van der Waals surface area contributed by atoms with E-state index >= 15 is 0 Å². The standard InChI is InChI=1S/C16H22N2O3S/c1-3-11-21-16-8-6-5-7-14(16)12-18-10-9-15(13-18)22(19,20)17-4-2/h1,5-8,15,17H,4,9-13H2,2H3. The highest BCUT2D eigenvalue weighted by atomic mass is 32.2. The molecule has 0 saturated carbocycles. The Morgan fingerprint density at radius 3 is 2.95 bits per heavy atom. The van der Waals surface area contributed by atoms with Crippen LogP contribution in [0.15, 0.2) is 24.3 Å². The fraction of sp³-hybridized carbons (Fsp3) is 0.500. The van der Waals surface area contributed by atoms with Gasteiger partial charge in [-0.05, 0) is 19.0 Å². The van der Waals surface area contributed by atoms with Crippen molar-refractivity contribution in [2.45, 2.75) is 25.1 Å². The molecule has 1 aliphatic heterocycles. The zero-order valence-electron chi connectivity index (χ0n) is 12.8. The van der Waals surface area contributed by atoms with E-state index in [4.69, 9.17) is 11.2 Å². The molecule has 0 spiro atoms. The molecule has 0 aromatic heterocycles. The molecule has 0 aliphatic carbocycles. The molecular formula is C16H22N2O3S. The van der Waals surface area contributed by atoms with Crippen LogP contribution in [0.25, 0.3) is 0 Å². The number of terminal acetylenes is 1. The van der Waals surface area contributed by atoms with Crippen molar-refractivity contribution in [2.75, 3.05) is 26.2 Å². The number of para-hydroxylation sites is 1. The van der Waals surface area contributed by atoms with E-state index in [1.54, 1.807) is 6.92 Å². The zero-order chi connectivity index (χ0) is 16.0. The Morgan fingerprint density at radius 1 is 1.45 bits per heavy atom. The van der Waals surface area contributed by atoms with Crippen molar-refractivity contribution in [1.29, 1.82) is 0 Å². The van der Waals surface area contributed by atoms with Crippen LogP contribution in [-0.4, -0.2) is 44.8 Å². The number of likely N-dealkylation sites (tertiary alicyclic amines) is 1. The molecule has 1 atom stereocenters. The van der Waals surface area contributed by atoms with Crippen molar-refractivity contribution >= 4 is 10.0 Å². The first-order valence-electron chi connectivity index (χ1n) is 7.41. The van der Waals surface area contributed by atoms with Gasteiger partial charge in [0, 0.05) is 25.2 Å². The molecule has 22 heavy (non-hydrogen) atoms. The van der Waals surface area contributed by atoms with Crippen molar-refractivity contribution in [3.05, 3.63) is 29.8 Å². The van der Waals surface area contributed by atoms with E-state index < -0.39 is 10.0 Å². The van der Waals surface area contributed by atoms with E-state index in [-0.39, 0.29) is 11.9 Å². The second-order valence-corrected chi connectivity index (χ2v) is 7.33. The molecule has 1 fully saturated rings. The lowest BCUT2D eigenvalue weighted by Gasteiger charge is -2.18. The fourth-order valence-corrected chi connectivity index (χ4v) is 4.11. The Labute approximate surface area is 132 Å². The molecule has 1 N–H and O–H groups in total. The SMILES string of the molecule is C#CCOc1ccccc1CN1CCC(S(=O)(=O)NCC)C1. The second-order valence-electron chi connectivity index (χ2n) is 5.29. The number of nitrogens with zero attached hydrogens (tertiary/aromatic N) is 1. The molecule has 1 saturated heterocycles. The highest BCUT2D eigenvalue weighted by Gasteiger charge is 2.32. The second kappa shape index (κ2) is 7.63. The number of sulfonamides is 1. The predicted molar refractivity (Wildman–Crippen MR) is 87.0 cm³/mol. The van der Waals surface area contributed by atoms with Crippen LogP contribution in [0.4, 0.5) is 0 Å². The van der Waals surface area contributed by atoms with Crippen LogP contribution in [0.3, 0.4) is 0 Å². The topological polar surface area (TPSA) is 58.6 Å². The van der Waals surface area contributed by atoms with Gasteiger partial charge in [-0.3, -0.25) is 4.90 Å². The summed E-state index contributed by atoms with van der Waals surface area (Å²) >= 11 is 0. The number of benzene rings is 1. The highest BCUT2D eigenvalue weighted by molar-refractivity contribution is 7.90. The van der Waals surface area contributed by atoms with E-state index in [0.29, 0.717) is 26.1 Å². The van der Waals surface area contributed by atoms with Gasteiger partial charge in [0.15, 0.2) is 0 Å². The third kappa shape index (κ3) is 4.23. The molecular weight excluding hydrogens is 300 g/mol. The van der Waals surface area contributed by atoms with Gasteiger partial charge < -0.3 is 4.74 Å². The van der Waals surface area contributed by atoms with Crippen molar-refractivity contribution in [2.24, 2.45) is 0 Å². The summed E-state index contributed by atoms with van der Waals surface area (Å²) in [6.45, 7) is 4.43. The Hall–Kier alpha value is -1.55. The van der Waals surface area contributed by atoms with Crippen LogP contribution >= 0.6 is 0 Å². The van der Waals surface area contributed by atoms with E-state index in [1.807, 2.05) is 24.3 Å². The lowest BCUT2D eigenvalue weighted by Crippen LogP contribution is -2.36. The van der Waals surface area contributed by atoms with Gasteiger partial charge in [0.2, 0.25) is 10.0 Å². The average molecular weight is 322 g/mol. The Balaban J connectivity index is 2.00. The van der Waals surface area contributed by atoms with Gasteiger partial charge in [-0.25, -0.2) is 13.1 Å². The molecule has 1 heterocycles. The van der Waals surface area contributed by atoms with Crippen LogP contribution in [-0.2, 0) is 16.6 Å². The van der Waals surface area contributed by atoms with Gasteiger partial charge >= 0.3 is 0 Å². The summed E-state index contributed by atoms with van der Waals surface area (Å²) < 4.78 is 32.2. The minimum Gasteiger partial charge on any atom is -0.481 e. The first kappa shape index (κ1) is 16.8. The Kier molecular flexibility index (Phi) is 5.83. The van der Waals surface area contributed by atoms with E-state index in [9.17, 15) is 8.42 Å². The molecule has 1 aromatic carbocycles. The van der Waals surface area contributed by atoms with Gasteiger partial charge in [-0.2, -0.15) is 0 Å². The molecule has 1 aromatic rings. The maximum absolute atomic E-state index is 12.1. The molecule has 0 bridgehead atoms. The minimum atomic E-state index is -3.21. The quantitative estimate of drug-likeness (QED) is 0.767. The van der Waals surface area contributed by atoms with Gasteiger partial charge in [0.05, 0.1) is 5.25 Å². The van der Waals surface area contributed by atoms with Crippen LogP contribution in [0.2, 0.25) is 0 Å². The number of hydrogen-bond acceptors (Lipinski definition) is 4. The molecule has 1 unspecified atom stereocenters. The zero-order valence-corrected chi connectivity index (χ0v) is 13.6. The molecule has 0 amide bonds. The average Bonchev–Trinajstić information content (AvgIpc) is 2.96. The third-order valence-electron chi connectivity index (χ3n) is 3.69. The molecule has 5 nitrogen and oxygen atoms in total. The minimum absolute atomic E-state index is 0.231. The number of nitrogens with one attached hydrogen (secondary N) is 1. The number of ether oxygens (including phenoxy) is 1. The monoisotopic (exact) mass is 322 g/mol. The van der Waals surface area contributed by atoms with Gasteiger partial charge in [0.1, 0.15) is 12.4 Å². The third-order valence-corrected chi connectivity index (χ3v) is 5.64. The lowest BCUT2D eigenvalue weighted by atomic mass is 10.2. The fourth-order valence-electron chi connectivity index (χ4n) is 2.65. The lowest BCUT2D eigenvalue weighted by molar-refractivity contribution is 0.314. The van der Waals surface area contributed by atoms with E-state index in [1.165, 1.54) is 0 Å². The van der Waals surface area contributed by atoms with Crippen molar-refractivity contribution in [1.82, 2.24) is 9.62 Å². The van der Waals surface area contributed by atoms with Gasteiger partial charge in [-0.1, -0.05) is 31.0 Å².